The van der Waals surface area contributed by atoms with Crippen LogP contribution in [0.1, 0.15) is 38.2 Å². The summed E-state index contributed by atoms with van der Waals surface area (Å²) in [5.41, 5.74) is 3.51. The highest BCUT2D eigenvalue weighted by atomic mass is 32.1. The van der Waals surface area contributed by atoms with Gasteiger partial charge in [-0.1, -0.05) is 30.3 Å². The summed E-state index contributed by atoms with van der Waals surface area (Å²) in [6.45, 7) is 5.03. The van der Waals surface area contributed by atoms with Crippen molar-refractivity contribution in [2.75, 3.05) is 20.6 Å². The SMILES string of the molecule is CCN(Cc1ccc(C(=O)N(C)C)cc1)C(=O)c1cc2c(C)nn(-c3ccccc3)c2s1. The van der Waals surface area contributed by atoms with Crippen LogP contribution in [0.25, 0.3) is 15.9 Å². The lowest BCUT2D eigenvalue weighted by Gasteiger charge is -2.20. The number of aryl methyl sites for hydroxylation is 1. The number of benzene rings is 2. The van der Waals surface area contributed by atoms with Gasteiger partial charge in [0.25, 0.3) is 11.8 Å². The van der Waals surface area contributed by atoms with E-state index in [1.165, 1.54) is 11.3 Å². The maximum atomic E-state index is 13.3. The number of para-hydroxylation sites is 1. The summed E-state index contributed by atoms with van der Waals surface area (Å²) < 4.78 is 1.91. The van der Waals surface area contributed by atoms with Crippen LogP contribution < -0.4 is 0 Å². The molecule has 0 fully saturated rings. The first kappa shape index (κ1) is 21.8. The van der Waals surface area contributed by atoms with Gasteiger partial charge in [0.2, 0.25) is 0 Å². The fourth-order valence-electron chi connectivity index (χ4n) is 3.61. The fraction of sp³-hybridized carbons (Fsp3) is 0.240. The Kier molecular flexibility index (Phi) is 6.10. The zero-order chi connectivity index (χ0) is 22.8. The van der Waals surface area contributed by atoms with E-state index in [-0.39, 0.29) is 11.8 Å². The van der Waals surface area contributed by atoms with Crippen molar-refractivity contribution in [2.24, 2.45) is 0 Å². The predicted molar refractivity (Wildman–Crippen MR) is 129 cm³/mol. The van der Waals surface area contributed by atoms with Gasteiger partial charge in [-0.25, -0.2) is 4.68 Å². The van der Waals surface area contributed by atoms with E-state index in [0.717, 1.165) is 27.2 Å². The number of hydrogen-bond acceptors (Lipinski definition) is 4. The van der Waals surface area contributed by atoms with E-state index >= 15 is 0 Å². The highest BCUT2D eigenvalue weighted by molar-refractivity contribution is 7.20. The molecule has 0 unspecified atom stereocenters. The Morgan fingerprint density at radius 2 is 1.69 bits per heavy atom. The maximum Gasteiger partial charge on any atom is 0.264 e. The largest absolute Gasteiger partial charge is 0.345 e. The zero-order valence-electron chi connectivity index (χ0n) is 18.7. The lowest BCUT2D eigenvalue weighted by atomic mass is 10.1. The molecule has 7 heteroatoms. The number of amides is 2. The van der Waals surface area contributed by atoms with Gasteiger partial charge in [-0.05, 0) is 49.7 Å². The summed E-state index contributed by atoms with van der Waals surface area (Å²) in [4.78, 5) is 30.5. The van der Waals surface area contributed by atoms with Crippen molar-refractivity contribution in [1.29, 1.82) is 0 Å². The smallest absolute Gasteiger partial charge is 0.264 e. The van der Waals surface area contributed by atoms with E-state index in [9.17, 15) is 9.59 Å². The molecule has 0 saturated heterocycles. The Morgan fingerprint density at radius 3 is 2.31 bits per heavy atom. The van der Waals surface area contributed by atoms with E-state index in [4.69, 9.17) is 0 Å². The van der Waals surface area contributed by atoms with Crippen LogP contribution in [0.15, 0.2) is 60.7 Å². The molecule has 0 aliphatic carbocycles. The van der Waals surface area contributed by atoms with Crippen LogP contribution in [0.5, 0.6) is 0 Å². The monoisotopic (exact) mass is 446 g/mol. The van der Waals surface area contributed by atoms with Crippen molar-refractivity contribution in [1.82, 2.24) is 19.6 Å². The number of fused-ring (bicyclic) bond motifs is 1. The van der Waals surface area contributed by atoms with Crippen LogP contribution in [0.2, 0.25) is 0 Å². The third kappa shape index (κ3) is 4.16. The number of nitrogens with zero attached hydrogens (tertiary/aromatic N) is 4. The molecule has 0 aliphatic heterocycles. The summed E-state index contributed by atoms with van der Waals surface area (Å²) in [6.07, 6.45) is 0. The topological polar surface area (TPSA) is 58.4 Å². The molecule has 0 radical (unpaired) electrons. The molecule has 0 bridgehead atoms. The molecule has 0 saturated carbocycles. The van der Waals surface area contributed by atoms with Crippen LogP contribution in [0, 0.1) is 6.92 Å². The molecule has 4 aromatic rings. The van der Waals surface area contributed by atoms with Gasteiger partial charge in [-0.2, -0.15) is 5.10 Å². The lowest BCUT2D eigenvalue weighted by molar-refractivity contribution is 0.0756. The standard InChI is InChI=1S/C25H26N4O2S/c1-5-28(16-18-11-13-19(14-12-18)23(30)27(3)4)24(31)22-15-21-17(2)26-29(25(21)32-22)20-9-7-6-8-10-20/h6-15H,5,16H2,1-4H3. The van der Waals surface area contributed by atoms with Gasteiger partial charge in [0, 0.05) is 38.1 Å². The van der Waals surface area contributed by atoms with Crippen LogP contribution in [0.3, 0.4) is 0 Å². The Bertz CT molecular complexity index is 1260. The molecule has 0 atom stereocenters. The van der Waals surface area contributed by atoms with E-state index < -0.39 is 0 Å². The first-order chi connectivity index (χ1) is 15.4. The molecule has 2 amide bonds. The molecule has 2 aromatic carbocycles. The predicted octanol–water partition coefficient (Wildman–Crippen LogP) is 4.76. The molecule has 0 spiro atoms. The summed E-state index contributed by atoms with van der Waals surface area (Å²) in [6, 6.07) is 19.4. The number of aromatic nitrogens is 2. The van der Waals surface area contributed by atoms with Gasteiger partial charge in [0.05, 0.1) is 16.3 Å². The minimum Gasteiger partial charge on any atom is -0.345 e. The highest BCUT2D eigenvalue weighted by Gasteiger charge is 2.21. The highest BCUT2D eigenvalue weighted by Crippen LogP contribution is 2.31. The molecule has 2 aromatic heterocycles. The minimum atomic E-state index is -0.0342. The summed E-state index contributed by atoms with van der Waals surface area (Å²) in [5.74, 6) is -0.0331. The quantitative estimate of drug-likeness (QED) is 0.429. The second-order valence-corrected chi connectivity index (χ2v) is 8.91. The van der Waals surface area contributed by atoms with Gasteiger partial charge in [0.1, 0.15) is 4.83 Å². The third-order valence-electron chi connectivity index (χ3n) is 5.41. The van der Waals surface area contributed by atoms with Gasteiger partial charge >= 0.3 is 0 Å². The first-order valence-corrected chi connectivity index (χ1v) is 11.3. The first-order valence-electron chi connectivity index (χ1n) is 10.5. The molecular weight excluding hydrogens is 420 g/mol. The van der Waals surface area contributed by atoms with E-state index in [1.807, 2.05) is 84.1 Å². The molecular formula is C25H26N4O2S. The summed E-state index contributed by atoms with van der Waals surface area (Å²) in [7, 11) is 3.47. The number of thiophene rings is 1. The van der Waals surface area contributed by atoms with Crippen molar-refractivity contribution in [3.63, 3.8) is 0 Å². The number of hydrogen-bond donors (Lipinski definition) is 0. The third-order valence-corrected chi connectivity index (χ3v) is 6.50. The summed E-state index contributed by atoms with van der Waals surface area (Å²) in [5, 5.41) is 5.66. The number of rotatable bonds is 6. The average Bonchev–Trinajstić information content (AvgIpc) is 3.38. The molecule has 164 valence electrons. The maximum absolute atomic E-state index is 13.3. The Hall–Kier alpha value is -3.45. The molecule has 6 nitrogen and oxygen atoms in total. The molecule has 32 heavy (non-hydrogen) atoms. The molecule has 2 heterocycles. The Labute approximate surface area is 191 Å². The van der Waals surface area contributed by atoms with Crippen molar-refractivity contribution in [3.8, 4) is 5.69 Å². The molecule has 0 aliphatic rings. The van der Waals surface area contributed by atoms with Crippen molar-refractivity contribution in [2.45, 2.75) is 20.4 Å². The van der Waals surface area contributed by atoms with E-state index in [0.29, 0.717) is 23.5 Å². The average molecular weight is 447 g/mol. The second kappa shape index (κ2) is 8.96. The normalized spacial score (nSPS) is 11.0. The van der Waals surface area contributed by atoms with Crippen LogP contribution in [-0.4, -0.2) is 52.0 Å². The summed E-state index contributed by atoms with van der Waals surface area (Å²) >= 11 is 1.47. The van der Waals surface area contributed by atoms with Crippen LogP contribution >= 0.6 is 11.3 Å². The van der Waals surface area contributed by atoms with Crippen LogP contribution in [0.4, 0.5) is 0 Å². The van der Waals surface area contributed by atoms with Gasteiger partial charge in [-0.15, -0.1) is 11.3 Å². The minimum absolute atomic E-state index is 0.00107. The van der Waals surface area contributed by atoms with Gasteiger partial charge in [-0.3, -0.25) is 9.59 Å². The molecule has 0 N–H and O–H groups in total. The number of carbonyl (C=O) groups is 2. The Balaban J connectivity index is 1.58. The number of carbonyl (C=O) groups excluding carboxylic acids is 2. The van der Waals surface area contributed by atoms with Crippen molar-refractivity contribution in [3.05, 3.63) is 82.4 Å². The van der Waals surface area contributed by atoms with E-state index in [2.05, 4.69) is 5.10 Å². The molecule has 4 rings (SSSR count). The van der Waals surface area contributed by atoms with Crippen LogP contribution in [-0.2, 0) is 6.54 Å². The van der Waals surface area contributed by atoms with Crippen molar-refractivity contribution < 1.29 is 9.59 Å². The zero-order valence-corrected chi connectivity index (χ0v) is 19.5. The van der Waals surface area contributed by atoms with Gasteiger partial charge < -0.3 is 9.80 Å². The Morgan fingerprint density at radius 1 is 1.00 bits per heavy atom. The fourth-order valence-corrected chi connectivity index (χ4v) is 4.76. The van der Waals surface area contributed by atoms with E-state index in [1.54, 1.807) is 19.0 Å². The second-order valence-electron chi connectivity index (χ2n) is 7.88. The van der Waals surface area contributed by atoms with Crippen molar-refractivity contribution >= 4 is 33.4 Å². The van der Waals surface area contributed by atoms with Gasteiger partial charge in [0.15, 0.2) is 0 Å². The lowest BCUT2D eigenvalue weighted by Crippen LogP contribution is -2.29.